The van der Waals surface area contributed by atoms with Gasteiger partial charge in [0.25, 0.3) is 10.1 Å². The van der Waals surface area contributed by atoms with Gasteiger partial charge in [-0.05, 0) is 25.0 Å². The van der Waals surface area contributed by atoms with Crippen molar-refractivity contribution in [1.82, 2.24) is 0 Å². The number of ether oxygens (including phenoxy) is 1. The normalized spacial score (nSPS) is 13.3. The smallest absolute Gasteiger partial charge is 0.323 e. The number of esters is 1. The molecule has 0 aliphatic carbocycles. The Bertz CT molecular complexity index is 595. The van der Waals surface area contributed by atoms with E-state index in [0.717, 1.165) is 12.0 Å². The van der Waals surface area contributed by atoms with Crippen molar-refractivity contribution < 1.29 is 22.5 Å². The molecule has 1 aromatic carbocycles. The van der Waals surface area contributed by atoms with E-state index in [9.17, 15) is 13.2 Å². The Labute approximate surface area is 138 Å². The van der Waals surface area contributed by atoms with E-state index in [0.29, 0.717) is 0 Å². The molecule has 0 aliphatic rings. The third-order valence-electron chi connectivity index (χ3n) is 3.19. The Morgan fingerprint density at radius 3 is 2.30 bits per heavy atom. The second-order valence-corrected chi connectivity index (χ2v) is 6.54. The van der Waals surface area contributed by atoms with Crippen molar-refractivity contribution in [1.29, 1.82) is 0 Å². The fraction of sp³-hybridized carbons (Fsp3) is 0.438. The molecule has 0 amide bonds. The number of hydrogen-bond acceptors (Lipinski definition) is 5. The van der Waals surface area contributed by atoms with Gasteiger partial charge >= 0.3 is 5.97 Å². The minimum atomic E-state index is -4.02. The molecule has 23 heavy (non-hydrogen) atoms. The first kappa shape index (κ1) is 21.3. The summed E-state index contributed by atoms with van der Waals surface area (Å²) in [6, 6.07) is 5.48. The molecule has 0 saturated carbocycles. The highest BCUT2D eigenvalue weighted by Crippen LogP contribution is 2.08. The number of nitrogens with two attached hydrogens (primary N) is 1. The van der Waals surface area contributed by atoms with Gasteiger partial charge in [-0.1, -0.05) is 50.6 Å². The number of hydrogen-bond donors (Lipinski definition) is 2. The van der Waals surface area contributed by atoms with Crippen molar-refractivity contribution in [3.05, 3.63) is 42.5 Å². The molecular weight excluding hydrogens is 318 g/mol. The molecule has 0 heterocycles. The Hall–Kier alpha value is -1.70. The summed E-state index contributed by atoms with van der Waals surface area (Å²) in [6.45, 7) is 9.44. The Morgan fingerprint density at radius 1 is 1.39 bits per heavy atom. The first-order valence-corrected chi connectivity index (χ1v) is 8.64. The summed E-state index contributed by atoms with van der Waals surface area (Å²) >= 11 is 0. The highest BCUT2D eigenvalue weighted by atomic mass is 32.2. The third-order valence-corrected chi connectivity index (χ3v) is 4.06. The monoisotopic (exact) mass is 343 g/mol. The fourth-order valence-electron chi connectivity index (χ4n) is 1.43. The molecular formula is C16H25NO5S. The van der Waals surface area contributed by atoms with Gasteiger partial charge in [-0.2, -0.15) is 8.42 Å². The predicted molar refractivity (Wildman–Crippen MR) is 89.6 cm³/mol. The molecule has 1 aromatic rings. The van der Waals surface area contributed by atoms with Crippen LogP contribution in [-0.4, -0.2) is 31.6 Å². The molecule has 7 heteroatoms. The van der Waals surface area contributed by atoms with Gasteiger partial charge in [0.2, 0.25) is 0 Å². The van der Waals surface area contributed by atoms with Crippen LogP contribution in [0.15, 0.2) is 41.8 Å². The van der Waals surface area contributed by atoms with E-state index in [4.69, 9.17) is 15.0 Å². The molecule has 1 rings (SSSR count). The number of benzene rings is 1. The van der Waals surface area contributed by atoms with Crippen LogP contribution in [0.1, 0.15) is 25.8 Å². The Kier molecular flexibility index (Phi) is 9.40. The third kappa shape index (κ3) is 8.49. The maximum atomic E-state index is 11.1. The number of carbonyl (C=O) groups excluding carboxylic acids is 1. The Morgan fingerprint density at radius 2 is 1.91 bits per heavy atom. The zero-order chi connectivity index (χ0) is 18.0. The SMILES string of the molecule is C=CCOC(=O)[C@@H](N)C(C)CC.Cc1ccc(S(=O)(=O)O)cc1. The molecule has 0 saturated heterocycles. The maximum Gasteiger partial charge on any atom is 0.323 e. The Balaban J connectivity index is 0.000000422. The summed E-state index contributed by atoms with van der Waals surface area (Å²) in [4.78, 5) is 11.0. The van der Waals surface area contributed by atoms with E-state index in [1.165, 1.54) is 18.2 Å². The topological polar surface area (TPSA) is 107 Å². The first-order valence-electron chi connectivity index (χ1n) is 7.20. The van der Waals surface area contributed by atoms with Gasteiger partial charge in [0.1, 0.15) is 12.6 Å². The lowest BCUT2D eigenvalue weighted by Gasteiger charge is -2.15. The minimum Gasteiger partial charge on any atom is -0.460 e. The average molecular weight is 343 g/mol. The molecule has 0 fully saturated rings. The van der Waals surface area contributed by atoms with Gasteiger partial charge in [0.15, 0.2) is 0 Å². The first-order chi connectivity index (χ1) is 10.6. The second-order valence-electron chi connectivity index (χ2n) is 5.12. The van der Waals surface area contributed by atoms with Crippen LogP contribution in [0, 0.1) is 12.8 Å². The highest BCUT2D eigenvalue weighted by molar-refractivity contribution is 7.85. The lowest BCUT2D eigenvalue weighted by molar-refractivity contribution is -0.145. The maximum absolute atomic E-state index is 11.1. The van der Waals surface area contributed by atoms with Crippen molar-refractivity contribution in [3.63, 3.8) is 0 Å². The van der Waals surface area contributed by atoms with Gasteiger partial charge in [-0.15, -0.1) is 0 Å². The lowest BCUT2D eigenvalue weighted by Crippen LogP contribution is -2.38. The summed E-state index contributed by atoms with van der Waals surface area (Å²) in [5, 5.41) is 0. The van der Waals surface area contributed by atoms with Crippen LogP contribution in [0.3, 0.4) is 0 Å². The summed E-state index contributed by atoms with van der Waals surface area (Å²) < 4.78 is 34.3. The van der Waals surface area contributed by atoms with E-state index in [-0.39, 0.29) is 23.4 Å². The molecule has 1 unspecified atom stereocenters. The van der Waals surface area contributed by atoms with E-state index < -0.39 is 16.2 Å². The minimum absolute atomic E-state index is 0.0666. The number of carbonyl (C=O) groups is 1. The molecule has 3 N–H and O–H groups in total. The van der Waals surface area contributed by atoms with Crippen LogP contribution in [-0.2, 0) is 19.6 Å². The molecule has 0 bridgehead atoms. The fourth-order valence-corrected chi connectivity index (χ4v) is 1.91. The van der Waals surface area contributed by atoms with Gasteiger partial charge in [-0.25, -0.2) is 0 Å². The van der Waals surface area contributed by atoms with Crippen LogP contribution in [0.4, 0.5) is 0 Å². The van der Waals surface area contributed by atoms with Crippen LogP contribution in [0.25, 0.3) is 0 Å². The highest BCUT2D eigenvalue weighted by Gasteiger charge is 2.20. The number of rotatable bonds is 6. The lowest BCUT2D eigenvalue weighted by atomic mass is 10.0. The van der Waals surface area contributed by atoms with Crippen molar-refractivity contribution in [2.45, 2.75) is 38.1 Å². The van der Waals surface area contributed by atoms with Crippen molar-refractivity contribution >= 4 is 16.1 Å². The quantitative estimate of drug-likeness (QED) is 0.466. The van der Waals surface area contributed by atoms with Crippen LogP contribution in [0.5, 0.6) is 0 Å². The van der Waals surface area contributed by atoms with Crippen LogP contribution >= 0.6 is 0 Å². The van der Waals surface area contributed by atoms with Crippen LogP contribution in [0.2, 0.25) is 0 Å². The summed E-state index contributed by atoms with van der Waals surface area (Å²) in [7, 11) is -4.02. The molecule has 0 spiro atoms. The van der Waals surface area contributed by atoms with Gasteiger partial charge < -0.3 is 10.5 Å². The molecule has 0 radical (unpaired) electrons. The van der Waals surface area contributed by atoms with Crippen molar-refractivity contribution in [2.75, 3.05) is 6.61 Å². The standard InChI is InChI=1S/C9H17NO2.C7H8O3S/c1-4-6-12-9(11)8(10)7(3)5-2;1-6-2-4-7(5-3-6)11(8,9)10/h4,7-8H,1,5-6,10H2,2-3H3;2-5H,1H3,(H,8,9,10)/t7?,8-;/m0./s1. The van der Waals surface area contributed by atoms with Crippen LogP contribution < -0.4 is 5.73 Å². The molecule has 0 aromatic heterocycles. The molecule has 130 valence electrons. The van der Waals surface area contributed by atoms with Gasteiger partial charge in [0.05, 0.1) is 4.90 Å². The zero-order valence-corrected chi connectivity index (χ0v) is 14.5. The average Bonchev–Trinajstić information content (AvgIpc) is 2.51. The molecule has 0 aliphatic heterocycles. The second kappa shape index (κ2) is 10.1. The summed E-state index contributed by atoms with van der Waals surface area (Å²) in [6.07, 6.45) is 2.41. The van der Waals surface area contributed by atoms with Crippen molar-refractivity contribution in [3.8, 4) is 0 Å². The number of aryl methyl sites for hydroxylation is 1. The zero-order valence-electron chi connectivity index (χ0n) is 13.7. The predicted octanol–water partition coefficient (Wildman–Crippen LogP) is 2.33. The van der Waals surface area contributed by atoms with Crippen molar-refractivity contribution in [2.24, 2.45) is 11.7 Å². The van der Waals surface area contributed by atoms with E-state index in [1.54, 1.807) is 12.1 Å². The van der Waals surface area contributed by atoms with E-state index >= 15 is 0 Å². The van der Waals surface area contributed by atoms with Gasteiger partial charge in [-0.3, -0.25) is 9.35 Å². The summed E-state index contributed by atoms with van der Waals surface area (Å²) in [5.41, 5.74) is 6.56. The summed E-state index contributed by atoms with van der Waals surface area (Å²) in [5.74, 6) is -0.174. The van der Waals surface area contributed by atoms with E-state index in [2.05, 4.69) is 6.58 Å². The molecule has 6 nitrogen and oxygen atoms in total. The van der Waals surface area contributed by atoms with Gasteiger partial charge in [0, 0.05) is 0 Å². The largest absolute Gasteiger partial charge is 0.460 e. The molecule has 2 atom stereocenters. The van der Waals surface area contributed by atoms with E-state index in [1.807, 2.05) is 20.8 Å².